The lowest BCUT2D eigenvalue weighted by atomic mass is 10.1. The number of rotatable bonds is 3. The summed E-state index contributed by atoms with van der Waals surface area (Å²) in [6.45, 7) is 0. The Bertz CT molecular complexity index is 614. The standard InChI is InChI=1S/C12H11ClN2O3/c1-17-10-4-7-3-8(6-14-16)12(13)15-9(7)5-11(10)18-2/h3-6,16H,1-2H3. The average Bonchev–Trinajstić information content (AvgIpc) is 2.38. The van der Waals surface area contributed by atoms with Gasteiger partial charge in [-0.15, -0.1) is 0 Å². The van der Waals surface area contributed by atoms with Gasteiger partial charge in [0.1, 0.15) is 5.15 Å². The van der Waals surface area contributed by atoms with Crippen molar-refractivity contribution in [3.63, 3.8) is 0 Å². The Morgan fingerprint density at radius 3 is 2.50 bits per heavy atom. The van der Waals surface area contributed by atoms with Crippen LogP contribution in [-0.2, 0) is 0 Å². The van der Waals surface area contributed by atoms with E-state index >= 15 is 0 Å². The van der Waals surface area contributed by atoms with Crippen molar-refractivity contribution >= 4 is 28.7 Å². The summed E-state index contributed by atoms with van der Waals surface area (Å²) in [7, 11) is 3.11. The molecule has 0 radical (unpaired) electrons. The predicted octanol–water partition coefficient (Wildman–Crippen LogP) is 2.71. The van der Waals surface area contributed by atoms with E-state index in [4.69, 9.17) is 26.3 Å². The molecule has 0 aliphatic heterocycles. The highest BCUT2D eigenvalue weighted by Crippen LogP contribution is 2.32. The van der Waals surface area contributed by atoms with E-state index in [0.717, 1.165) is 5.39 Å². The van der Waals surface area contributed by atoms with Gasteiger partial charge in [0.25, 0.3) is 0 Å². The molecule has 0 saturated carbocycles. The normalized spacial score (nSPS) is 11.1. The molecule has 1 heterocycles. The first-order chi connectivity index (χ1) is 8.69. The van der Waals surface area contributed by atoms with Crippen LogP contribution in [0.1, 0.15) is 5.56 Å². The van der Waals surface area contributed by atoms with Crippen LogP contribution in [0, 0.1) is 0 Å². The fourth-order valence-corrected chi connectivity index (χ4v) is 1.84. The molecule has 0 amide bonds. The minimum absolute atomic E-state index is 0.257. The van der Waals surface area contributed by atoms with Crippen molar-refractivity contribution in [1.82, 2.24) is 4.98 Å². The second-order valence-corrected chi connectivity index (χ2v) is 3.87. The number of halogens is 1. The van der Waals surface area contributed by atoms with Gasteiger partial charge in [-0.25, -0.2) is 4.98 Å². The van der Waals surface area contributed by atoms with E-state index in [1.54, 1.807) is 32.4 Å². The van der Waals surface area contributed by atoms with Crippen molar-refractivity contribution in [1.29, 1.82) is 0 Å². The summed E-state index contributed by atoms with van der Waals surface area (Å²) in [5, 5.41) is 12.6. The van der Waals surface area contributed by atoms with Gasteiger partial charge >= 0.3 is 0 Å². The van der Waals surface area contributed by atoms with Gasteiger partial charge < -0.3 is 14.7 Å². The van der Waals surface area contributed by atoms with Crippen LogP contribution in [0.25, 0.3) is 10.9 Å². The van der Waals surface area contributed by atoms with Crippen LogP contribution in [0.5, 0.6) is 11.5 Å². The van der Waals surface area contributed by atoms with Gasteiger partial charge in [0, 0.05) is 17.0 Å². The van der Waals surface area contributed by atoms with Crippen molar-refractivity contribution in [2.45, 2.75) is 0 Å². The summed E-state index contributed by atoms with van der Waals surface area (Å²) >= 11 is 5.97. The molecule has 18 heavy (non-hydrogen) atoms. The minimum atomic E-state index is 0.257. The van der Waals surface area contributed by atoms with Crippen molar-refractivity contribution < 1.29 is 14.7 Å². The molecule has 0 aliphatic carbocycles. The molecule has 2 rings (SSSR count). The quantitative estimate of drug-likeness (QED) is 0.401. The summed E-state index contributed by atoms with van der Waals surface area (Å²) in [6.07, 6.45) is 1.23. The number of hydrogen-bond acceptors (Lipinski definition) is 5. The fraction of sp³-hybridized carbons (Fsp3) is 0.167. The molecule has 0 saturated heterocycles. The molecule has 1 aromatic carbocycles. The molecule has 0 spiro atoms. The number of fused-ring (bicyclic) bond motifs is 1. The monoisotopic (exact) mass is 266 g/mol. The molecule has 5 nitrogen and oxygen atoms in total. The lowest BCUT2D eigenvalue weighted by Gasteiger charge is -2.09. The molecule has 0 fully saturated rings. The van der Waals surface area contributed by atoms with Crippen molar-refractivity contribution in [3.05, 3.63) is 28.9 Å². The number of pyridine rings is 1. The maximum absolute atomic E-state index is 8.54. The van der Waals surface area contributed by atoms with Gasteiger partial charge in [-0.3, -0.25) is 0 Å². The maximum atomic E-state index is 8.54. The summed E-state index contributed by atoms with van der Waals surface area (Å²) in [6, 6.07) is 5.28. The van der Waals surface area contributed by atoms with Crippen LogP contribution < -0.4 is 9.47 Å². The van der Waals surface area contributed by atoms with Gasteiger partial charge in [-0.1, -0.05) is 16.8 Å². The first kappa shape index (κ1) is 12.4. The van der Waals surface area contributed by atoms with Crippen LogP contribution in [0.15, 0.2) is 23.4 Å². The third-order valence-electron chi connectivity index (χ3n) is 2.50. The minimum Gasteiger partial charge on any atom is -0.493 e. The van der Waals surface area contributed by atoms with E-state index in [0.29, 0.717) is 22.6 Å². The Balaban J connectivity index is 2.69. The molecule has 0 unspecified atom stereocenters. The molecule has 1 N–H and O–H groups in total. The molecule has 0 bridgehead atoms. The number of hydrogen-bond donors (Lipinski definition) is 1. The number of oxime groups is 1. The van der Waals surface area contributed by atoms with Gasteiger partial charge in [0.2, 0.25) is 0 Å². The highest BCUT2D eigenvalue weighted by molar-refractivity contribution is 6.32. The Hall–Kier alpha value is -2.01. The van der Waals surface area contributed by atoms with Crippen molar-refractivity contribution in [3.8, 4) is 11.5 Å². The average molecular weight is 267 g/mol. The van der Waals surface area contributed by atoms with E-state index in [2.05, 4.69) is 10.1 Å². The molecule has 94 valence electrons. The zero-order valence-electron chi connectivity index (χ0n) is 9.85. The topological polar surface area (TPSA) is 63.9 Å². The van der Waals surface area contributed by atoms with Gasteiger partial charge in [-0.05, 0) is 12.1 Å². The lowest BCUT2D eigenvalue weighted by molar-refractivity contribution is 0.322. The Morgan fingerprint density at radius 1 is 1.22 bits per heavy atom. The van der Waals surface area contributed by atoms with Gasteiger partial charge in [-0.2, -0.15) is 0 Å². The van der Waals surface area contributed by atoms with E-state index in [-0.39, 0.29) is 5.15 Å². The number of nitrogens with zero attached hydrogens (tertiary/aromatic N) is 2. The molecule has 1 aromatic heterocycles. The predicted molar refractivity (Wildman–Crippen MR) is 69.2 cm³/mol. The highest BCUT2D eigenvalue weighted by atomic mass is 35.5. The molecule has 0 atom stereocenters. The summed E-state index contributed by atoms with van der Waals surface area (Å²) in [5.41, 5.74) is 1.20. The SMILES string of the molecule is COc1cc2cc(C=NO)c(Cl)nc2cc1OC. The molecular weight excluding hydrogens is 256 g/mol. The number of ether oxygens (including phenoxy) is 2. The largest absolute Gasteiger partial charge is 0.493 e. The van der Waals surface area contributed by atoms with Gasteiger partial charge in [0.15, 0.2) is 11.5 Å². The first-order valence-electron chi connectivity index (χ1n) is 5.09. The fourth-order valence-electron chi connectivity index (χ4n) is 1.65. The van der Waals surface area contributed by atoms with E-state index in [1.807, 2.05) is 0 Å². The molecular formula is C12H11ClN2O3. The summed E-state index contributed by atoms with van der Waals surface area (Å²) in [4.78, 5) is 4.21. The number of methoxy groups -OCH3 is 2. The second-order valence-electron chi connectivity index (χ2n) is 3.51. The van der Waals surface area contributed by atoms with E-state index in [1.165, 1.54) is 6.21 Å². The second kappa shape index (κ2) is 5.10. The van der Waals surface area contributed by atoms with Crippen LogP contribution in [0.2, 0.25) is 5.15 Å². The summed E-state index contributed by atoms with van der Waals surface area (Å²) < 4.78 is 10.4. The number of benzene rings is 1. The van der Waals surface area contributed by atoms with Crippen molar-refractivity contribution in [2.75, 3.05) is 14.2 Å². The van der Waals surface area contributed by atoms with Crippen LogP contribution in [0.3, 0.4) is 0 Å². The first-order valence-corrected chi connectivity index (χ1v) is 5.47. The third-order valence-corrected chi connectivity index (χ3v) is 2.80. The lowest BCUT2D eigenvalue weighted by Crippen LogP contribution is -1.93. The van der Waals surface area contributed by atoms with E-state index < -0.39 is 0 Å². The van der Waals surface area contributed by atoms with Crippen molar-refractivity contribution in [2.24, 2.45) is 5.16 Å². The zero-order chi connectivity index (χ0) is 13.1. The smallest absolute Gasteiger partial charge is 0.162 e. The molecule has 6 heteroatoms. The number of aromatic nitrogens is 1. The highest BCUT2D eigenvalue weighted by Gasteiger charge is 2.09. The Labute approximate surface area is 109 Å². The Kier molecular flexibility index (Phi) is 3.53. The molecule has 0 aliphatic rings. The van der Waals surface area contributed by atoms with Crippen LogP contribution in [0.4, 0.5) is 0 Å². The zero-order valence-corrected chi connectivity index (χ0v) is 10.6. The molecule has 2 aromatic rings. The van der Waals surface area contributed by atoms with Gasteiger partial charge in [0.05, 0.1) is 26.0 Å². The van der Waals surface area contributed by atoms with Crippen LogP contribution in [-0.4, -0.2) is 30.6 Å². The third kappa shape index (κ3) is 2.17. The summed E-state index contributed by atoms with van der Waals surface area (Å²) in [5.74, 6) is 1.18. The Morgan fingerprint density at radius 2 is 1.89 bits per heavy atom. The maximum Gasteiger partial charge on any atom is 0.162 e. The van der Waals surface area contributed by atoms with Crippen LogP contribution >= 0.6 is 11.6 Å². The van der Waals surface area contributed by atoms with E-state index in [9.17, 15) is 0 Å².